The maximum atomic E-state index is 10.1. The van der Waals surface area contributed by atoms with E-state index >= 15 is 0 Å². The number of hydrogen-bond acceptors (Lipinski definition) is 1. The smallest absolute Gasteiger partial charge is 0.119 e. The van der Waals surface area contributed by atoms with Crippen molar-refractivity contribution in [1.82, 2.24) is 0 Å². The van der Waals surface area contributed by atoms with Crippen LogP contribution in [0.4, 0.5) is 0 Å². The quantitative estimate of drug-likeness (QED) is 0.214. The number of carbonyl (C=O) groups is 1. The summed E-state index contributed by atoms with van der Waals surface area (Å²) in [5.74, 6) is 0. The summed E-state index contributed by atoms with van der Waals surface area (Å²) < 4.78 is 0. The highest BCUT2D eigenvalue weighted by molar-refractivity contribution is 5.48. The molecule has 1 heteroatoms. The third-order valence-electron chi connectivity index (χ3n) is 3.27. The molecule has 0 radical (unpaired) electrons. The zero-order valence-electron chi connectivity index (χ0n) is 12.8. The van der Waals surface area contributed by atoms with Crippen LogP contribution in [0.1, 0.15) is 84.0 Å². The van der Waals surface area contributed by atoms with Crippen molar-refractivity contribution in [2.75, 3.05) is 0 Å². The van der Waals surface area contributed by atoms with Gasteiger partial charge in [0.2, 0.25) is 0 Å². The van der Waals surface area contributed by atoms with Crippen molar-refractivity contribution in [2.24, 2.45) is 0 Å². The molecule has 0 N–H and O–H groups in total. The van der Waals surface area contributed by atoms with E-state index in [4.69, 9.17) is 0 Å². The van der Waals surface area contributed by atoms with Gasteiger partial charge in [0.15, 0.2) is 0 Å². The molecule has 19 heavy (non-hydrogen) atoms. The Morgan fingerprint density at radius 2 is 1.16 bits per heavy atom. The fraction of sp³-hybridized carbons (Fsp3) is 0.722. The number of hydrogen-bond donors (Lipinski definition) is 0. The van der Waals surface area contributed by atoms with Crippen LogP contribution >= 0.6 is 0 Å². The second-order valence-corrected chi connectivity index (χ2v) is 5.19. The second kappa shape index (κ2) is 17.2. The predicted molar refractivity (Wildman–Crippen MR) is 85.4 cm³/mol. The maximum Gasteiger partial charge on any atom is 0.119 e. The van der Waals surface area contributed by atoms with Crippen LogP contribution in [0, 0.1) is 0 Å². The van der Waals surface area contributed by atoms with E-state index in [1.54, 1.807) is 0 Å². The average molecular weight is 264 g/mol. The SMILES string of the molecule is CCCCC=CCC=CCCCCCCCCC=O. The Bertz CT molecular complexity index is 228. The van der Waals surface area contributed by atoms with Crippen molar-refractivity contribution in [2.45, 2.75) is 84.0 Å². The highest BCUT2D eigenvalue weighted by Gasteiger charge is 1.90. The first kappa shape index (κ1) is 18.1. The van der Waals surface area contributed by atoms with Gasteiger partial charge in [0.05, 0.1) is 0 Å². The number of rotatable bonds is 14. The number of carbonyl (C=O) groups excluding carboxylic acids is 1. The van der Waals surface area contributed by atoms with E-state index in [-0.39, 0.29) is 0 Å². The van der Waals surface area contributed by atoms with Gasteiger partial charge < -0.3 is 4.79 Å². The third-order valence-corrected chi connectivity index (χ3v) is 3.27. The molecule has 0 aliphatic heterocycles. The van der Waals surface area contributed by atoms with Gasteiger partial charge in [-0.05, 0) is 32.1 Å². The van der Waals surface area contributed by atoms with Gasteiger partial charge in [-0.15, -0.1) is 0 Å². The Kier molecular flexibility index (Phi) is 16.4. The van der Waals surface area contributed by atoms with Crippen LogP contribution in [0.15, 0.2) is 24.3 Å². The van der Waals surface area contributed by atoms with E-state index in [0.29, 0.717) is 0 Å². The van der Waals surface area contributed by atoms with E-state index in [9.17, 15) is 4.79 Å². The summed E-state index contributed by atoms with van der Waals surface area (Å²) in [6, 6.07) is 0. The molecule has 0 atom stereocenters. The summed E-state index contributed by atoms with van der Waals surface area (Å²) >= 11 is 0. The molecule has 0 saturated carbocycles. The van der Waals surface area contributed by atoms with Crippen molar-refractivity contribution in [3.8, 4) is 0 Å². The van der Waals surface area contributed by atoms with Crippen LogP contribution < -0.4 is 0 Å². The van der Waals surface area contributed by atoms with Gasteiger partial charge in [0, 0.05) is 6.42 Å². The largest absolute Gasteiger partial charge is 0.303 e. The van der Waals surface area contributed by atoms with Gasteiger partial charge in [-0.2, -0.15) is 0 Å². The van der Waals surface area contributed by atoms with E-state index in [2.05, 4.69) is 31.2 Å². The highest BCUT2D eigenvalue weighted by Crippen LogP contribution is 2.08. The molecular formula is C18H32O. The lowest BCUT2D eigenvalue weighted by Gasteiger charge is -1.98. The summed E-state index contributed by atoms with van der Waals surface area (Å²) in [5.41, 5.74) is 0. The molecule has 0 aliphatic rings. The van der Waals surface area contributed by atoms with Gasteiger partial charge in [0.25, 0.3) is 0 Å². The van der Waals surface area contributed by atoms with E-state index in [1.165, 1.54) is 57.8 Å². The molecule has 0 aliphatic carbocycles. The Labute approximate surface area is 120 Å². The lowest BCUT2D eigenvalue weighted by Crippen LogP contribution is -1.80. The minimum atomic E-state index is 0.745. The Hall–Kier alpha value is -0.850. The Morgan fingerprint density at radius 1 is 0.632 bits per heavy atom. The molecule has 1 nitrogen and oxygen atoms in total. The molecule has 0 fully saturated rings. The van der Waals surface area contributed by atoms with Crippen LogP contribution in [-0.4, -0.2) is 6.29 Å². The molecule has 0 unspecified atom stereocenters. The van der Waals surface area contributed by atoms with Gasteiger partial charge in [0.1, 0.15) is 6.29 Å². The van der Waals surface area contributed by atoms with E-state index in [0.717, 1.165) is 25.5 Å². The van der Waals surface area contributed by atoms with Gasteiger partial charge >= 0.3 is 0 Å². The van der Waals surface area contributed by atoms with Crippen LogP contribution in [-0.2, 0) is 4.79 Å². The van der Waals surface area contributed by atoms with Crippen molar-refractivity contribution in [1.29, 1.82) is 0 Å². The average Bonchev–Trinajstić information content (AvgIpc) is 2.43. The van der Waals surface area contributed by atoms with E-state index < -0.39 is 0 Å². The highest BCUT2D eigenvalue weighted by atomic mass is 16.1. The molecule has 110 valence electrons. The first-order valence-corrected chi connectivity index (χ1v) is 8.15. The Balaban J connectivity index is 3.12. The van der Waals surface area contributed by atoms with Crippen LogP contribution in [0.25, 0.3) is 0 Å². The van der Waals surface area contributed by atoms with Gasteiger partial charge in [-0.25, -0.2) is 0 Å². The molecule has 0 aromatic rings. The molecule has 0 heterocycles. The fourth-order valence-electron chi connectivity index (χ4n) is 2.03. The molecule has 0 amide bonds. The summed E-state index contributed by atoms with van der Waals surface area (Å²) in [6.07, 6.45) is 24.6. The third kappa shape index (κ3) is 17.1. The number of aldehydes is 1. The number of allylic oxidation sites excluding steroid dienone is 4. The second-order valence-electron chi connectivity index (χ2n) is 5.19. The Morgan fingerprint density at radius 3 is 1.74 bits per heavy atom. The molecule has 0 bridgehead atoms. The molecule has 0 aromatic carbocycles. The lowest BCUT2D eigenvalue weighted by atomic mass is 10.1. The molecular weight excluding hydrogens is 232 g/mol. The topological polar surface area (TPSA) is 17.1 Å². The monoisotopic (exact) mass is 264 g/mol. The predicted octanol–water partition coefficient (Wildman–Crippen LogP) is 6.00. The minimum Gasteiger partial charge on any atom is -0.303 e. The normalized spacial score (nSPS) is 11.6. The van der Waals surface area contributed by atoms with Gasteiger partial charge in [-0.3, -0.25) is 0 Å². The summed E-state index contributed by atoms with van der Waals surface area (Å²) in [7, 11) is 0. The first-order valence-electron chi connectivity index (χ1n) is 8.15. The van der Waals surface area contributed by atoms with Crippen molar-refractivity contribution >= 4 is 6.29 Å². The summed E-state index contributed by atoms with van der Waals surface area (Å²) in [4.78, 5) is 10.1. The standard InChI is InChI=1S/C18H32O/c1-2-3-4-5-6-7-8-9-10-11-12-13-14-15-16-17-18-19/h5-6,8-9,18H,2-4,7,10-17H2,1H3. The lowest BCUT2D eigenvalue weighted by molar-refractivity contribution is -0.107. The van der Waals surface area contributed by atoms with Crippen LogP contribution in [0.5, 0.6) is 0 Å². The summed E-state index contributed by atoms with van der Waals surface area (Å²) in [5, 5.41) is 0. The van der Waals surface area contributed by atoms with Crippen molar-refractivity contribution in [3.05, 3.63) is 24.3 Å². The molecule has 0 saturated heterocycles. The van der Waals surface area contributed by atoms with Crippen molar-refractivity contribution in [3.63, 3.8) is 0 Å². The molecule has 0 spiro atoms. The molecule has 0 rings (SSSR count). The minimum absolute atomic E-state index is 0.745. The van der Waals surface area contributed by atoms with E-state index in [1.807, 2.05) is 0 Å². The zero-order chi connectivity index (χ0) is 14.0. The van der Waals surface area contributed by atoms with Crippen LogP contribution in [0.2, 0.25) is 0 Å². The fourth-order valence-corrected chi connectivity index (χ4v) is 2.03. The van der Waals surface area contributed by atoms with Crippen LogP contribution in [0.3, 0.4) is 0 Å². The first-order chi connectivity index (χ1) is 9.41. The molecule has 0 aromatic heterocycles. The number of unbranched alkanes of at least 4 members (excludes halogenated alkanes) is 9. The van der Waals surface area contributed by atoms with Crippen molar-refractivity contribution < 1.29 is 4.79 Å². The van der Waals surface area contributed by atoms with Gasteiger partial charge in [-0.1, -0.05) is 69.8 Å². The summed E-state index contributed by atoms with van der Waals surface area (Å²) in [6.45, 7) is 2.23. The maximum absolute atomic E-state index is 10.1. The zero-order valence-corrected chi connectivity index (χ0v) is 12.8.